The quantitative estimate of drug-likeness (QED) is 0.207. The number of fused-ring (bicyclic) bond motifs is 2. The van der Waals surface area contributed by atoms with Crippen molar-refractivity contribution in [3.63, 3.8) is 0 Å². The zero-order chi connectivity index (χ0) is 37.7. The first kappa shape index (κ1) is 35.9. The van der Waals surface area contributed by atoms with Gasteiger partial charge in [0.1, 0.15) is 10.7 Å². The molecule has 3 saturated heterocycles. The molecule has 7 heterocycles. The lowest BCUT2D eigenvalue weighted by Crippen LogP contribution is -2.53. The van der Waals surface area contributed by atoms with Crippen LogP contribution in [-0.2, 0) is 16.6 Å². The van der Waals surface area contributed by atoms with Crippen molar-refractivity contribution in [2.45, 2.75) is 64.5 Å². The number of para-hydroxylation sites is 1. The molecule has 2 atom stereocenters. The number of piperazine rings is 1. The van der Waals surface area contributed by atoms with Crippen LogP contribution in [0.5, 0.6) is 0 Å². The largest absolute Gasteiger partial charge is 0.365 e. The molecule has 2 amide bonds. The predicted octanol–water partition coefficient (Wildman–Crippen LogP) is 5.00. The molecule has 3 aliphatic rings. The van der Waals surface area contributed by atoms with E-state index < -0.39 is 5.92 Å². The lowest BCUT2D eigenvalue weighted by Gasteiger charge is -2.43. The third-order valence-electron chi connectivity index (χ3n) is 11.2. The normalized spacial score (nSPS) is 20.3. The molecule has 15 heteroatoms. The minimum absolute atomic E-state index is 0.00628. The first-order valence-corrected chi connectivity index (χ1v) is 19.3. The number of piperidine rings is 2. The number of nitrogens with one attached hydrogen (secondary N) is 2. The van der Waals surface area contributed by atoms with Crippen LogP contribution in [0.2, 0.25) is 5.02 Å². The molecule has 2 N–H and O–H groups in total. The third-order valence-corrected chi connectivity index (χ3v) is 11.4. The van der Waals surface area contributed by atoms with Gasteiger partial charge in [0.2, 0.25) is 17.8 Å². The van der Waals surface area contributed by atoms with Crippen LogP contribution in [0.25, 0.3) is 21.9 Å². The van der Waals surface area contributed by atoms with E-state index in [4.69, 9.17) is 21.7 Å². The summed E-state index contributed by atoms with van der Waals surface area (Å²) in [6.45, 7) is 11.8. The van der Waals surface area contributed by atoms with Crippen LogP contribution in [0, 0.1) is 5.92 Å². The number of nitrogens with zero attached hydrogens (tertiary/aromatic N) is 9. The van der Waals surface area contributed by atoms with Gasteiger partial charge in [0, 0.05) is 81.7 Å². The third kappa shape index (κ3) is 6.88. The number of aryl methyl sites for hydroxylation is 1. The van der Waals surface area contributed by atoms with Crippen LogP contribution in [0.3, 0.4) is 0 Å². The molecule has 1 unspecified atom stereocenters. The summed E-state index contributed by atoms with van der Waals surface area (Å²) in [4.78, 5) is 58.2. The smallest absolute Gasteiger partial charge is 0.252 e. The Kier molecular flexibility index (Phi) is 9.73. The van der Waals surface area contributed by atoms with Crippen molar-refractivity contribution in [1.82, 2.24) is 39.5 Å². The topological polar surface area (TPSA) is 146 Å². The van der Waals surface area contributed by atoms with E-state index in [1.54, 1.807) is 29.1 Å². The van der Waals surface area contributed by atoms with Crippen molar-refractivity contribution in [2.24, 2.45) is 13.0 Å². The summed E-state index contributed by atoms with van der Waals surface area (Å²) in [7, 11) is 1.94. The average Bonchev–Trinajstić information content (AvgIpc) is 3.49. The molecule has 8 rings (SSSR count). The predicted molar refractivity (Wildman–Crippen MR) is 211 cm³/mol. The maximum atomic E-state index is 12.7. The van der Waals surface area contributed by atoms with Gasteiger partial charge in [-0.3, -0.25) is 33.8 Å². The highest BCUT2D eigenvalue weighted by atomic mass is 35.5. The number of anilines is 4. The molecule has 4 aromatic heterocycles. The van der Waals surface area contributed by atoms with E-state index in [0.29, 0.717) is 47.2 Å². The Morgan fingerprint density at radius 3 is 2.57 bits per heavy atom. The summed E-state index contributed by atoms with van der Waals surface area (Å²) in [5.74, 6) is 0.842. The second-order valence-electron chi connectivity index (χ2n) is 15.2. The Morgan fingerprint density at radius 1 is 1.00 bits per heavy atom. The van der Waals surface area contributed by atoms with Gasteiger partial charge in [0.15, 0.2) is 5.82 Å². The average molecular weight is 752 g/mol. The Balaban J connectivity index is 0.883. The molecule has 5 aromatic rings. The Hall–Kier alpha value is -5.08. The summed E-state index contributed by atoms with van der Waals surface area (Å²) in [6.07, 6.45) is 6.25. The minimum atomic E-state index is -0.422. The number of hydrogen-bond acceptors (Lipinski definition) is 11. The van der Waals surface area contributed by atoms with Crippen molar-refractivity contribution in [3.8, 4) is 0 Å². The SMILES string of the molecule is CC(C)n1c(=O)ccc2cc(Nc3nc(N4CCC(CN5CCN(c6cccc7c(C8CCC(=O)NC8=O)nn(C)c67)[C@@H](C)C5)CC4)ncc3Cl)cnc21. The van der Waals surface area contributed by atoms with Gasteiger partial charge in [-0.15, -0.1) is 0 Å². The molecule has 3 fully saturated rings. The first-order chi connectivity index (χ1) is 26.0. The molecule has 0 spiro atoms. The van der Waals surface area contributed by atoms with Crippen LogP contribution in [0.4, 0.5) is 23.1 Å². The maximum absolute atomic E-state index is 12.7. The number of carbonyl (C=O) groups is 2. The van der Waals surface area contributed by atoms with Crippen molar-refractivity contribution in [1.29, 1.82) is 0 Å². The van der Waals surface area contributed by atoms with E-state index in [2.05, 4.69) is 54.4 Å². The van der Waals surface area contributed by atoms with E-state index in [-0.39, 0.29) is 23.4 Å². The lowest BCUT2D eigenvalue weighted by atomic mass is 9.92. The number of rotatable bonds is 8. The maximum Gasteiger partial charge on any atom is 0.252 e. The number of amides is 2. The molecule has 0 saturated carbocycles. The number of halogens is 1. The van der Waals surface area contributed by atoms with Gasteiger partial charge in [0.25, 0.3) is 5.56 Å². The fourth-order valence-corrected chi connectivity index (χ4v) is 8.61. The second kappa shape index (κ2) is 14.6. The van der Waals surface area contributed by atoms with Gasteiger partial charge in [0.05, 0.1) is 40.9 Å². The Bertz CT molecular complexity index is 2300. The molecular formula is C39H46ClN11O3. The number of hydrogen-bond donors (Lipinski definition) is 2. The molecule has 1 aromatic carbocycles. The second-order valence-corrected chi connectivity index (χ2v) is 15.6. The van der Waals surface area contributed by atoms with Crippen molar-refractivity contribution in [2.75, 3.05) is 54.4 Å². The summed E-state index contributed by atoms with van der Waals surface area (Å²) in [5, 5.41) is 12.9. The molecule has 14 nitrogen and oxygen atoms in total. The molecular weight excluding hydrogens is 706 g/mol. The van der Waals surface area contributed by atoms with Crippen LogP contribution >= 0.6 is 11.6 Å². The highest BCUT2D eigenvalue weighted by Crippen LogP contribution is 2.36. The van der Waals surface area contributed by atoms with Crippen LogP contribution in [0.1, 0.15) is 64.1 Å². The van der Waals surface area contributed by atoms with Crippen molar-refractivity contribution < 1.29 is 9.59 Å². The van der Waals surface area contributed by atoms with Crippen molar-refractivity contribution >= 4 is 68.5 Å². The zero-order valence-corrected chi connectivity index (χ0v) is 31.9. The van der Waals surface area contributed by atoms with Gasteiger partial charge in [-0.1, -0.05) is 23.7 Å². The highest BCUT2D eigenvalue weighted by molar-refractivity contribution is 6.32. The van der Waals surface area contributed by atoms with E-state index in [1.807, 2.05) is 37.7 Å². The van der Waals surface area contributed by atoms with E-state index >= 15 is 0 Å². The molecule has 0 aliphatic carbocycles. The number of aromatic nitrogens is 6. The molecule has 3 aliphatic heterocycles. The monoisotopic (exact) mass is 751 g/mol. The minimum Gasteiger partial charge on any atom is -0.365 e. The van der Waals surface area contributed by atoms with E-state index in [9.17, 15) is 14.4 Å². The van der Waals surface area contributed by atoms with Gasteiger partial charge < -0.3 is 15.1 Å². The van der Waals surface area contributed by atoms with E-state index in [1.165, 1.54) is 0 Å². The van der Waals surface area contributed by atoms with Gasteiger partial charge >= 0.3 is 0 Å². The fraction of sp³-hybridized carbons (Fsp3) is 0.462. The Labute approximate surface area is 318 Å². The lowest BCUT2D eigenvalue weighted by molar-refractivity contribution is -0.134. The number of pyridine rings is 2. The zero-order valence-electron chi connectivity index (χ0n) is 31.1. The molecule has 282 valence electrons. The summed E-state index contributed by atoms with van der Waals surface area (Å²) >= 11 is 6.55. The van der Waals surface area contributed by atoms with Gasteiger partial charge in [-0.2, -0.15) is 10.1 Å². The van der Waals surface area contributed by atoms with Crippen LogP contribution < -0.4 is 26.0 Å². The van der Waals surface area contributed by atoms with Gasteiger partial charge in [-0.25, -0.2) is 9.97 Å². The number of carbonyl (C=O) groups excluding carboxylic acids is 2. The highest BCUT2D eigenvalue weighted by Gasteiger charge is 2.34. The number of imide groups is 1. The van der Waals surface area contributed by atoms with Gasteiger partial charge in [-0.05, 0) is 64.2 Å². The number of benzene rings is 1. The Morgan fingerprint density at radius 2 is 1.81 bits per heavy atom. The van der Waals surface area contributed by atoms with Crippen LogP contribution in [-0.4, -0.2) is 91.3 Å². The van der Waals surface area contributed by atoms with Crippen LogP contribution in [0.15, 0.2) is 53.6 Å². The van der Waals surface area contributed by atoms with E-state index in [0.717, 1.165) is 85.5 Å². The molecule has 0 radical (unpaired) electrons. The summed E-state index contributed by atoms with van der Waals surface area (Å²) < 4.78 is 3.58. The molecule has 0 bridgehead atoms. The summed E-state index contributed by atoms with van der Waals surface area (Å²) in [5.41, 5.74) is 4.20. The first-order valence-electron chi connectivity index (χ1n) is 18.9. The molecule has 54 heavy (non-hydrogen) atoms. The van der Waals surface area contributed by atoms with Crippen molar-refractivity contribution in [3.05, 3.63) is 69.9 Å². The standard InChI is InChI=1S/C39H46ClN11O3/c1-23(2)51-33(53)11-8-26-18-27(19-41-37(26)51)43-36-30(40)20-42-39(45-36)49-14-12-25(13-15-49)22-48-16-17-50(24(3)21-48)31-7-5-6-28-34(46-47(4)35(28)31)29-9-10-32(52)44-38(29)54/h5-8,11,18-20,23-25,29H,9-10,12-17,21-22H2,1-4H3,(H,42,43,45)(H,44,52,54)/t24-,29?/m0/s1. The fourth-order valence-electron chi connectivity index (χ4n) is 8.47. The summed E-state index contributed by atoms with van der Waals surface area (Å²) in [6, 6.07) is 11.9.